The topological polar surface area (TPSA) is 119 Å². The van der Waals surface area contributed by atoms with Crippen molar-refractivity contribution < 1.29 is 24.3 Å². The second kappa shape index (κ2) is 10.5. The van der Waals surface area contributed by atoms with E-state index in [1.54, 1.807) is 23.1 Å². The predicted octanol–water partition coefficient (Wildman–Crippen LogP) is 4.10. The van der Waals surface area contributed by atoms with E-state index in [1.807, 2.05) is 24.3 Å². The predicted molar refractivity (Wildman–Crippen MR) is 133 cm³/mol. The van der Waals surface area contributed by atoms with E-state index in [1.165, 1.54) is 7.05 Å². The van der Waals surface area contributed by atoms with Crippen molar-refractivity contribution in [1.29, 1.82) is 0 Å². The number of amides is 5. The number of benzene rings is 2. The molecular formula is C25H27BrN4O5. The summed E-state index contributed by atoms with van der Waals surface area (Å²) in [7, 11) is 1.52. The van der Waals surface area contributed by atoms with Gasteiger partial charge in [-0.3, -0.25) is 9.59 Å². The monoisotopic (exact) mass is 542 g/mol. The summed E-state index contributed by atoms with van der Waals surface area (Å²) in [5, 5.41) is 15.0. The number of fused-ring (bicyclic) bond motifs is 1. The highest BCUT2D eigenvalue weighted by Gasteiger charge is 2.38. The van der Waals surface area contributed by atoms with Gasteiger partial charge in [0.1, 0.15) is 6.54 Å². The van der Waals surface area contributed by atoms with Crippen molar-refractivity contribution in [3.8, 4) is 0 Å². The molecule has 2 aromatic rings. The molecule has 3 N–H and O–H groups in total. The minimum Gasteiger partial charge on any atom is -0.465 e. The number of imide groups is 1. The molecule has 0 radical (unpaired) electrons. The second-order valence-corrected chi connectivity index (χ2v) is 9.54. The van der Waals surface area contributed by atoms with Crippen molar-refractivity contribution in [1.82, 2.24) is 15.1 Å². The first kappa shape index (κ1) is 24.7. The van der Waals surface area contributed by atoms with E-state index in [0.717, 1.165) is 34.0 Å². The van der Waals surface area contributed by atoms with Crippen molar-refractivity contribution >= 4 is 45.6 Å². The molecule has 184 valence electrons. The second-order valence-electron chi connectivity index (χ2n) is 8.68. The van der Waals surface area contributed by atoms with Gasteiger partial charge in [-0.05, 0) is 60.6 Å². The van der Waals surface area contributed by atoms with Crippen molar-refractivity contribution in [2.24, 2.45) is 0 Å². The number of hydrogen-bond donors (Lipinski definition) is 3. The molecule has 9 nitrogen and oxygen atoms in total. The van der Waals surface area contributed by atoms with Crippen molar-refractivity contribution in [3.63, 3.8) is 0 Å². The lowest BCUT2D eigenvalue weighted by molar-refractivity contribution is -0.140. The fraction of sp³-hybridized carbons (Fsp3) is 0.360. The number of rotatable bonds is 5. The average molecular weight is 543 g/mol. The van der Waals surface area contributed by atoms with Gasteiger partial charge in [-0.25, -0.2) is 14.5 Å². The lowest BCUT2D eigenvalue weighted by atomic mass is 9.99. The number of likely N-dealkylation sites (tertiary alicyclic amines) is 1. The number of anilines is 1. The van der Waals surface area contributed by atoms with Gasteiger partial charge in [-0.15, -0.1) is 0 Å². The molecule has 2 aromatic carbocycles. The number of nitrogens with one attached hydrogen (secondary N) is 2. The van der Waals surface area contributed by atoms with Gasteiger partial charge < -0.3 is 20.6 Å². The Morgan fingerprint density at radius 1 is 1.11 bits per heavy atom. The Balaban J connectivity index is 1.49. The Morgan fingerprint density at radius 2 is 1.89 bits per heavy atom. The molecule has 1 saturated heterocycles. The normalized spacial score (nSPS) is 18.6. The van der Waals surface area contributed by atoms with Crippen LogP contribution >= 0.6 is 15.9 Å². The fourth-order valence-corrected chi connectivity index (χ4v) is 5.48. The lowest BCUT2D eigenvalue weighted by Gasteiger charge is -2.28. The summed E-state index contributed by atoms with van der Waals surface area (Å²) in [4.78, 5) is 52.4. The molecule has 5 amide bonds. The molecule has 0 bridgehead atoms. The van der Waals surface area contributed by atoms with Gasteiger partial charge >= 0.3 is 12.1 Å². The molecule has 1 fully saturated rings. The highest BCUT2D eigenvalue weighted by Crippen LogP contribution is 2.38. The molecule has 35 heavy (non-hydrogen) atoms. The number of hydrogen-bond acceptors (Lipinski definition) is 4. The number of carbonyl (C=O) groups excluding carboxylic acids is 3. The van der Waals surface area contributed by atoms with Crippen LogP contribution in [0.15, 0.2) is 46.9 Å². The average Bonchev–Trinajstić information content (AvgIpc) is 3.49. The summed E-state index contributed by atoms with van der Waals surface area (Å²) in [6, 6.07) is 12.4. The molecule has 2 aliphatic rings. The van der Waals surface area contributed by atoms with Crippen molar-refractivity contribution in [2.45, 2.75) is 37.6 Å². The molecule has 1 heterocycles. The standard InChI is InChI=1S/C25H27BrN4O5/c1-27-24(33)28-16-9-11-17-15(13-16)8-10-18(17)23(32)30(25(34)35)14-22(31)29-12-4-7-21(29)19-5-2-3-6-20(19)26/h2-3,5-6,9,11,13,18,21H,4,7-8,10,12,14H2,1H3,(H,34,35)(H2,27,28,33). The van der Waals surface area contributed by atoms with Gasteiger partial charge in [-0.1, -0.05) is 40.2 Å². The van der Waals surface area contributed by atoms with Gasteiger partial charge in [0.05, 0.1) is 12.0 Å². The molecule has 4 rings (SSSR count). The number of halogens is 1. The van der Waals surface area contributed by atoms with E-state index in [-0.39, 0.29) is 18.0 Å². The van der Waals surface area contributed by atoms with Gasteiger partial charge in [0.15, 0.2) is 0 Å². The third kappa shape index (κ3) is 5.17. The van der Waals surface area contributed by atoms with E-state index < -0.39 is 24.5 Å². The summed E-state index contributed by atoms with van der Waals surface area (Å²) in [5.74, 6) is -1.64. The van der Waals surface area contributed by atoms with Crippen LogP contribution < -0.4 is 10.6 Å². The minimum absolute atomic E-state index is 0.165. The first-order valence-corrected chi connectivity index (χ1v) is 12.3. The lowest BCUT2D eigenvalue weighted by Crippen LogP contribution is -2.46. The van der Waals surface area contributed by atoms with E-state index in [4.69, 9.17) is 0 Å². The fourth-order valence-electron chi connectivity index (χ4n) is 4.93. The third-order valence-electron chi connectivity index (χ3n) is 6.63. The van der Waals surface area contributed by atoms with Gasteiger partial charge in [0, 0.05) is 23.8 Å². The number of carboxylic acid groups (broad SMARTS) is 1. The zero-order valence-electron chi connectivity index (χ0n) is 19.3. The smallest absolute Gasteiger partial charge is 0.414 e. The molecule has 0 saturated carbocycles. The van der Waals surface area contributed by atoms with Gasteiger partial charge in [0.2, 0.25) is 11.8 Å². The Kier molecular flexibility index (Phi) is 7.39. The van der Waals surface area contributed by atoms with Crippen LogP contribution in [0.1, 0.15) is 47.9 Å². The summed E-state index contributed by atoms with van der Waals surface area (Å²) in [5.41, 5.74) is 3.16. The zero-order chi connectivity index (χ0) is 25.1. The first-order valence-electron chi connectivity index (χ1n) is 11.5. The largest absolute Gasteiger partial charge is 0.465 e. The molecule has 10 heteroatoms. The summed E-state index contributed by atoms with van der Waals surface area (Å²) >= 11 is 3.54. The van der Waals surface area contributed by atoms with Gasteiger partial charge in [-0.2, -0.15) is 0 Å². The van der Waals surface area contributed by atoms with Crippen LogP contribution in [0.2, 0.25) is 0 Å². The number of nitrogens with zero attached hydrogens (tertiary/aromatic N) is 2. The van der Waals surface area contributed by atoms with Crippen LogP contribution in [0.25, 0.3) is 0 Å². The maximum absolute atomic E-state index is 13.3. The maximum Gasteiger partial charge on any atom is 0.414 e. The molecule has 2 unspecified atom stereocenters. The maximum atomic E-state index is 13.3. The molecule has 0 spiro atoms. The Hall–Kier alpha value is -3.40. The van der Waals surface area contributed by atoms with Crippen LogP contribution in [0.4, 0.5) is 15.3 Å². The zero-order valence-corrected chi connectivity index (χ0v) is 20.9. The summed E-state index contributed by atoms with van der Waals surface area (Å²) < 4.78 is 0.892. The highest BCUT2D eigenvalue weighted by molar-refractivity contribution is 9.10. The van der Waals surface area contributed by atoms with E-state index in [2.05, 4.69) is 26.6 Å². The first-order chi connectivity index (χ1) is 16.8. The van der Waals surface area contributed by atoms with E-state index >= 15 is 0 Å². The Bertz CT molecular complexity index is 1170. The summed E-state index contributed by atoms with van der Waals surface area (Å²) in [6.45, 7) is -0.00285. The molecule has 1 aliphatic carbocycles. The van der Waals surface area contributed by atoms with E-state index in [9.17, 15) is 24.3 Å². The molecule has 2 atom stereocenters. The Labute approximate surface area is 211 Å². The van der Waals surface area contributed by atoms with Crippen LogP contribution in [0.3, 0.4) is 0 Å². The third-order valence-corrected chi connectivity index (χ3v) is 7.35. The minimum atomic E-state index is -1.44. The molecular weight excluding hydrogens is 516 g/mol. The van der Waals surface area contributed by atoms with Crippen molar-refractivity contribution in [2.75, 3.05) is 25.5 Å². The van der Waals surface area contributed by atoms with Crippen LogP contribution in [-0.2, 0) is 16.0 Å². The Morgan fingerprint density at radius 3 is 2.60 bits per heavy atom. The highest BCUT2D eigenvalue weighted by atomic mass is 79.9. The number of carbonyl (C=O) groups is 4. The summed E-state index contributed by atoms with van der Waals surface area (Å²) in [6.07, 6.45) is 1.16. The van der Waals surface area contributed by atoms with Crippen LogP contribution in [-0.4, -0.2) is 59.0 Å². The van der Waals surface area contributed by atoms with Crippen LogP contribution in [0.5, 0.6) is 0 Å². The van der Waals surface area contributed by atoms with Crippen LogP contribution in [0, 0.1) is 0 Å². The molecule has 1 aliphatic heterocycles. The number of aryl methyl sites for hydroxylation is 1. The SMILES string of the molecule is CNC(=O)Nc1ccc2c(c1)CCC2C(=O)N(CC(=O)N1CCCC1c1ccccc1Br)C(=O)O. The molecule has 0 aromatic heterocycles. The van der Waals surface area contributed by atoms with E-state index in [0.29, 0.717) is 30.0 Å². The number of urea groups is 1. The van der Waals surface area contributed by atoms with Crippen molar-refractivity contribution in [3.05, 3.63) is 63.6 Å². The van der Waals surface area contributed by atoms with Gasteiger partial charge in [0.25, 0.3) is 0 Å². The quantitative estimate of drug-likeness (QED) is 0.525.